The highest BCUT2D eigenvalue weighted by atomic mass is 79.9. The Labute approximate surface area is 123 Å². The second kappa shape index (κ2) is 6.51. The van der Waals surface area contributed by atoms with E-state index in [9.17, 15) is 0 Å². The van der Waals surface area contributed by atoms with Gasteiger partial charge in [0.1, 0.15) is 0 Å². The maximum absolute atomic E-state index is 6.04. The molecule has 0 bridgehead atoms. The SMILES string of the molecule is CC(C)N1CCCCC(CN)C1c1cc(Br)cs1. The van der Waals surface area contributed by atoms with Crippen molar-refractivity contribution in [2.75, 3.05) is 13.1 Å². The first-order valence-corrected chi connectivity index (χ1v) is 8.50. The number of hydrogen-bond acceptors (Lipinski definition) is 3. The molecule has 1 aliphatic heterocycles. The molecule has 1 aliphatic rings. The smallest absolute Gasteiger partial charge is 0.0484 e. The van der Waals surface area contributed by atoms with Gasteiger partial charge in [-0.3, -0.25) is 4.90 Å². The molecular formula is C14H23BrN2S. The molecule has 0 aromatic carbocycles. The van der Waals surface area contributed by atoms with E-state index in [1.54, 1.807) is 0 Å². The van der Waals surface area contributed by atoms with Gasteiger partial charge in [0, 0.05) is 26.8 Å². The van der Waals surface area contributed by atoms with Gasteiger partial charge < -0.3 is 5.73 Å². The van der Waals surface area contributed by atoms with E-state index in [4.69, 9.17) is 5.73 Å². The van der Waals surface area contributed by atoms with Crippen molar-refractivity contribution < 1.29 is 0 Å². The molecular weight excluding hydrogens is 308 g/mol. The molecule has 2 nitrogen and oxygen atoms in total. The minimum Gasteiger partial charge on any atom is -0.330 e. The van der Waals surface area contributed by atoms with Crippen molar-refractivity contribution in [3.63, 3.8) is 0 Å². The van der Waals surface area contributed by atoms with Crippen molar-refractivity contribution in [3.05, 3.63) is 20.8 Å². The molecule has 1 aromatic heterocycles. The van der Waals surface area contributed by atoms with Crippen molar-refractivity contribution in [2.24, 2.45) is 11.7 Å². The summed E-state index contributed by atoms with van der Waals surface area (Å²) in [5, 5.41) is 2.19. The minimum absolute atomic E-state index is 0.508. The van der Waals surface area contributed by atoms with Gasteiger partial charge >= 0.3 is 0 Å². The number of halogens is 1. The van der Waals surface area contributed by atoms with Gasteiger partial charge in [-0.2, -0.15) is 0 Å². The van der Waals surface area contributed by atoms with Crippen LogP contribution in [0, 0.1) is 5.92 Å². The summed E-state index contributed by atoms with van der Waals surface area (Å²) in [6, 6.07) is 3.37. The highest BCUT2D eigenvalue weighted by Gasteiger charge is 2.32. The van der Waals surface area contributed by atoms with Crippen LogP contribution in [0.15, 0.2) is 15.9 Å². The lowest BCUT2D eigenvalue weighted by Crippen LogP contribution is -2.39. The summed E-state index contributed by atoms with van der Waals surface area (Å²) in [7, 11) is 0. The minimum atomic E-state index is 0.508. The maximum Gasteiger partial charge on any atom is 0.0484 e. The van der Waals surface area contributed by atoms with E-state index < -0.39 is 0 Å². The van der Waals surface area contributed by atoms with Crippen LogP contribution in [-0.4, -0.2) is 24.0 Å². The van der Waals surface area contributed by atoms with Crippen molar-refractivity contribution in [1.82, 2.24) is 4.90 Å². The fourth-order valence-corrected chi connectivity index (χ4v) is 4.63. The molecule has 0 amide bonds. The first kappa shape index (κ1) is 14.5. The molecule has 1 fully saturated rings. The zero-order valence-electron chi connectivity index (χ0n) is 11.2. The van der Waals surface area contributed by atoms with Gasteiger partial charge in [0.25, 0.3) is 0 Å². The van der Waals surface area contributed by atoms with Crippen molar-refractivity contribution >= 4 is 27.3 Å². The number of nitrogens with two attached hydrogens (primary N) is 1. The molecule has 2 unspecified atom stereocenters. The molecule has 0 radical (unpaired) electrons. The van der Waals surface area contributed by atoms with Crippen LogP contribution in [0.25, 0.3) is 0 Å². The third kappa shape index (κ3) is 3.16. The van der Waals surface area contributed by atoms with E-state index in [0.717, 1.165) is 6.54 Å². The van der Waals surface area contributed by atoms with Crippen molar-refractivity contribution in [2.45, 2.75) is 45.2 Å². The molecule has 1 aromatic rings. The monoisotopic (exact) mass is 330 g/mol. The second-order valence-electron chi connectivity index (χ2n) is 5.44. The van der Waals surface area contributed by atoms with E-state index in [2.05, 4.69) is 46.1 Å². The maximum atomic E-state index is 6.04. The van der Waals surface area contributed by atoms with Crippen LogP contribution in [0.1, 0.15) is 44.0 Å². The quantitative estimate of drug-likeness (QED) is 0.906. The van der Waals surface area contributed by atoms with Crippen molar-refractivity contribution in [1.29, 1.82) is 0 Å². The first-order valence-electron chi connectivity index (χ1n) is 6.83. The van der Waals surface area contributed by atoms with Gasteiger partial charge in [-0.05, 0) is 67.7 Å². The van der Waals surface area contributed by atoms with E-state index in [-0.39, 0.29) is 0 Å². The van der Waals surface area contributed by atoms with Crippen LogP contribution in [0.4, 0.5) is 0 Å². The van der Waals surface area contributed by atoms with E-state index in [0.29, 0.717) is 18.0 Å². The molecule has 2 N–H and O–H groups in total. The molecule has 4 heteroatoms. The zero-order valence-corrected chi connectivity index (χ0v) is 13.6. The summed E-state index contributed by atoms with van der Waals surface area (Å²) in [6.07, 6.45) is 3.88. The van der Waals surface area contributed by atoms with Gasteiger partial charge in [-0.15, -0.1) is 11.3 Å². The molecule has 2 heterocycles. The van der Waals surface area contributed by atoms with Crippen LogP contribution >= 0.6 is 27.3 Å². The Bertz CT molecular complexity index is 378. The Morgan fingerprint density at radius 3 is 2.83 bits per heavy atom. The standard InChI is InChI=1S/C14H23BrN2S/c1-10(2)17-6-4-3-5-11(8-16)14(17)13-7-12(15)9-18-13/h7,9-11,14H,3-6,8,16H2,1-2H3. The van der Waals surface area contributed by atoms with Crippen molar-refractivity contribution in [3.8, 4) is 0 Å². The zero-order chi connectivity index (χ0) is 13.1. The summed E-state index contributed by atoms with van der Waals surface area (Å²) in [4.78, 5) is 4.11. The molecule has 102 valence electrons. The Kier molecular flexibility index (Phi) is 5.24. The van der Waals surface area contributed by atoms with Gasteiger partial charge in [0.2, 0.25) is 0 Å². The molecule has 1 saturated heterocycles. The topological polar surface area (TPSA) is 29.3 Å². The number of nitrogens with zero attached hydrogens (tertiary/aromatic N) is 1. The lowest BCUT2D eigenvalue weighted by atomic mass is 9.93. The summed E-state index contributed by atoms with van der Waals surface area (Å²) in [5.41, 5.74) is 6.04. The highest BCUT2D eigenvalue weighted by molar-refractivity contribution is 9.10. The van der Waals surface area contributed by atoms with E-state index >= 15 is 0 Å². The number of hydrogen-bond donors (Lipinski definition) is 1. The summed E-state index contributed by atoms with van der Waals surface area (Å²) >= 11 is 5.44. The summed E-state index contributed by atoms with van der Waals surface area (Å²) in [6.45, 7) is 6.60. The third-order valence-corrected chi connectivity index (χ3v) is 5.65. The van der Waals surface area contributed by atoms with E-state index in [1.165, 1.54) is 35.2 Å². The second-order valence-corrected chi connectivity index (χ2v) is 7.29. The Morgan fingerprint density at radius 2 is 2.28 bits per heavy atom. The number of likely N-dealkylation sites (tertiary alicyclic amines) is 1. The van der Waals surface area contributed by atoms with Gasteiger partial charge in [-0.1, -0.05) is 6.42 Å². The first-order chi connectivity index (χ1) is 8.63. The van der Waals surface area contributed by atoms with Gasteiger partial charge in [0.05, 0.1) is 0 Å². The lowest BCUT2D eigenvalue weighted by Gasteiger charge is -2.37. The largest absolute Gasteiger partial charge is 0.330 e. The number of thiophene rings is 1. The van der Waals surface area contributed by atoms with E-state index in [1.807, 2.05) is 11.3 Å². The molecule has 0 aliphatic carbocycles. The molecule has 0 spiro atoms. The molecule has 0 saturated carbocycles. The fraction of sp³-hybridized carbons (Fsp3) is 0.714. The normalized spacial score (nSPS) is 26.5. The predicted octanol–water partition coefficient (Wildman–Crippen LogP) is 4.02. The molecule has 2 atom stereocenters. The predicted molar refractivity (Wildman–Crippen MR) is 83.0 cm³/mol. The summed E-state index contributed by atoms with van der Waals surface area (Å²) in [5.74, 6) is 0.598. The Balaban J connectivity index is 2.32. The number of rotatable bonds is 3. The molecule has 2 rings (SSSR count). The average Bonchev–Trinajstić information content (AvgIpc) is 2.64. The average molecular weight is 331 g/mol. The third-order valence-electron chi connectivity index (χ3n) is 3.89. The van der Waals surface area contributed by atoms with Crippen LogP contribution < -0.4 is 5.73 Å². The van der Waals surface area contributed by atoms with Gasteiger partial charge in [0.15, 0.2) is 0 Å². The van der Waals surface area contributed by atoms with Crippen LogP contribution in [0.3, 0.4) is 0 Å². The fourth-order valence-electron chi connectivity index (χ4n) is 2.97. The Morgan fingerprint density at radius 1 is 1.50 bits per heavy atom. The Hall–Kier alpha value is 0.1000. The van der Waals surface area contributed by atoms with Crippen LogP contribution in [0.5, 0.6) is 0 Å². The van der Waals surface area contributed by atoms with Crippen LogP contribution in [-0.2, 0) is 0 Å². The van der Waals surface area contributed by atoms with Crippen LogP contribution in [0.2, 0.25) is 0 Å². The van der Waals surface area contributed by atoms with Gasteiger partial charge in [-0.25, -0.2) is 0 Å². The molecule has 18 heavy (non-hydrogen) atoms. The summed E-state index contributed by atoms with van der Waals surface area (Å²) < 4.78 is 1.20. The lowest BCUT2D eigenvalue weighted by molar-refractivity contribution is 0.124. The highest BCUT2D eigenvalue weighted by Crippen LogP contribution is 2.39.